The van der Waals surface area contributed by atoms with Crippen LogP contribution >= 0.6 is 15.6 Å². The van der Waals surface area contributed by atoms with Crippen molar-refractivity contribution >= 4 is 39.5 Å². The molecule has 0 rings (SSSR count). The van der Waals surface area contributed by atoms with Crippen molar-refractivity contribution in [3.8, 4) is 0 Å². The summed E-state index contributed by atoms with van der Waals surface area (Å²) in [5.41, 5.74) is 0. The second-order valence-corrected chi connectivity index (χ2v) is 28.8. The van der Waals surface area contributed by atoms with Crippen LogP contribution in [0.2, 0.25) is 0 Å². The Bertz CT molecular complexity index is 2590. The number of allylic oxidation sites excluding steroid dienone is 25. The van der Waals surface area contributed by atoms with Gasteiger partial charge in [-0.25, -0.2) is 9.13 Å². The summed E-state index contributed by atoms with van der Waals surface area (Å²) in [5.74, 6) is -2.37. The van der Waals surface area contributed by atoms with Crippen LogP contribution in [0, 0.1) is 0 Å². The molecule has 0 radical (unpaired) electrons. The van der Waals surface area contributed by atoms with Gasteiger partial charge in [-0.3, -0.25) is 37.3 Å². The van der Waals surface area contributed by atoms with Crippen LogP contribution < -0.4 is 0 Å². The van der Waals surface area contributed by atoms with Crippen LogP contribution in [0.3, 0.4) is 0 Å². The van der Waals surface area contributed by atoms with Crippen molar-refractivity contribution in [1.29, 1.82) is 0 Å². The number of hydrogen-bond donors (Lipinski definition) is 3. The molecule has 0 saturated heterocycles. The van der Waals surface area contributed by atoms with Crippen LogP contribution in [0.5, 0.6) is 0 Å². The molecule has 0 heterocycles. The van der Waals surface area contributed by atoms with Gasteiger partial charge in [0.05, 0.1) is 32.8 Å². The Morgan fingerprint density at radius 1 is 0.288 bits per heavy atom. The van der Waals surface area contributed by atoms with Gasteiger partial charge in [0.15, 0.2) is 12.2 Å². The Labute approximate surface area is 629 Å². The van der Waals surface area contributed by atoms with Crippen LogP contribution in [0.15, 0.2) is 158 Å². The summed E-state index contributed by atoms with van der Waals surface area (Å²) >= 11 is 0. The number of phosphoric acid groups is 2. The van der Waals surface area contributed by atoms with Crippen molar-refractivity contribution in [2.45, 2.75) is 316 Å². The number of unbranched alkanes of at least 4 members (excludes halogenated alkanes) is 22. The number of hydrogen-bond acceptors (Lipinski definition) is 15. The standard InChI is InChI=1S/C85H140O17P2/c1-5-9-13-17-21-25-29-33-37-38-39-40-44-46-50-54-58-62-66-70-83(88)96-76-81(102-85(90)72-68-64-60-56-52-48-43-36-32-28-24-20-16-12-8-4)78-100-104(93,94)98-74-79(86)73-97-103(91,92)99-77-80(101-84(89)71-67-63-59-55-51-47-42-35-31-27-23-19-15-11-7-3)75-95-82(87)69-65-61-57-53-49-45-41-34-30-26-22-18-14-10-6-2/h9-10,12-14,16,21-22,24-26,28,33-37,39-43,52,56,64,68,79-81,86H,5-8,11,15,17-20,23,27,29-32,38,44-51,53-55,57-63,65-67,69-78H2,1-4H3,(H,91,92)(H,93,94)/b13-9-,14-10-,16-12-,25-21-,26-22-,28-24-,37-33-,40-39-,41-34-,42-35-,43-36-,56-52-,68-64-. The molecule has 0 amide bonds. The lowest BCUT2D eigenvalue weighted by molar-refractivity contribution is -0.161. The van der Waals surface area contributed by atoms with E-state index in [0.717, 1.165) is 180 Å². The van der Waals surface area contributed by atoms with E-state index in [1.54, 1.807) is 12.2 Å². The Balaban J connectivity index is 5.46. The number of ether oxygens (including phenoxy) is 4. The molecule has 0 aliphatic heterocycles. The molecule has 19 heteroatoms. The molecule has 0 spiro atoms. The molecule has 3 N–H and O–H groups in total. The van der Waals surface area contributed by atoms with E-state index in [2.05, 4.69) is 161 Å². The molecule has 17 nitrogen and oxygen atoms in total. The van der Waals surface area contributed by atoms with Crippen molar-refractivity contribution in [1.82, 2.24) is 0 Å². The van der Waals surface area contributed by atoms with E-state index in [1.807, 2.05) is 12.2 Å². The summed E-state index contributed by atoms with van der Waals surface area (Å²) in [6, 6.07) is 0. The first kappa shape index (κ1) is 98.7. The molecule has 5 unspecified atom stereocenters. The fourth-order valence-corrected chi connectivity index (χ4v) is 11.6. The largest absolute Gasteiger partial charge is 0.472 e. The Morgan fingerprint density at radius 3 is 0.865 bits per heavy atom. The highest BCUT2D eigenvalue weighted by atomic mass is 31.2. The molecule has 0 aromatic heterocycles. The monoisotopic (exact) mass is 1490 g/mol. The number of aliphatic hydroxyl groups is 1. The van der Waals surface area contributed by atoms with Crippen molar-refractivity contribution in [2.24, 2.45) is 0 Å². The van der Waals surface area contributed by atoms with E-state index in [4.69, 9.17) is 37.0 Å². The average molecular weight is 1500 g/mol. The van der Waals surface area contributed by atoms with Gasteiger partial charge < -0.3 is 33.8 Å². The van der Waals surface area contributed by atoms with E-state index < -0.39 is 97.5 Å². The fraction of sp³-hybridized carbons (Fsp3) is 0.647. The number of carbonyl (C=O) groups is 4. The third kappa shape index (κ3) is 74.9. The lowest BCUT2D eigenvalue weighted by atomic mass is 10.1. The first-order valence-corrected chi connectivity index (χ1v) is 42.7. The molecule has 0 saturated carbocycles. The van der Waals surface area contributed by atoms with Gasteiger partial charge in [0.25, 0.3) is 0 Å². The van der Waals surface area contributed by atoms with Crippen molar-refractivity contribution < 1.29 is 80.2 Å². The van der Waals surface area contributed by atoms with E-state index >= 15 is 0 Å². The van der Waals surface area contributed by atoms with Crippen LogP contribution in [-0.4, -0.2) is 96.7 Å². The molecule has 0 aliphatic rings. The lowest BCUT2D eigenvalue weighted by Crippen LogP contribution is -2.30. The van der Waals surface area contributed by atoms with Gasteiger partial charge in [-0.05, 0) is 148 Å². The zero-order valence-corrected chi connectivity index (χ0v) is 66.4. The van der Waals surface area contributed by atoms with Gasteiger partial charge in [0.1, 0.15) is 19.3 Å². The first-order chi connectivity index (χ1) is 50.7. The Kier molecular flexibility index (Phi) is 72.0. The van der Waals surface area contributed by atoms with Crippen molar-refractivity contribution in [2.75, 3.05) is 39.6 Å². The third-order valence-corrected chi connectivity index (χ3v) is 17.9. The summed E-state index contributed by atoms with van der Waals surface area (Å²) in [5, 5.41) is 10.6. The smallest absolute Gasteiger partial charge is 0.462 e. The molecular formula is C85H140O17P2. The van der Waals surface area contributed by atoms with Crippen molar-refractivity contribution in [3.05, 3.63) is 158 Å². The van der Waals surface area contributed by atoms with Gasteiger partial charge >= 0.3 is 39.5 Å². The van der Waals surface area contributed by atoms with Crippen LogP contribution in [-0.2, 0) is 65.4 Å². The quantitative estimate of drug-likeness (QED) is 0.0169. The van der Waals surface area contributed by atoms with Gasteiger partial charge in [0, 0.05) is 19.3 Å². The second-order valence-electron chi connectivity index (χ2n) is 25.9. The maximum atomic E-state index is 13.1. The molecular weight excluding hydrogens is 1350 g/mol. The molecule has 592 valence electrons. The SMILES string of the molecule is CC/C=C\C/C=C\C/C=C\C/C=C\C/C=C\CC(=O)OC(COC(=O)CCCCCCCC/C=C\C/C=C\C/C=C\C/C=C\CC)COP(=O)(O)OCC(O)COP(=O)(O)OCC(COC(=O)CCCCCCC/C=C\C/C=C\C/C=C\CC)OC(=O)CCCCCCC/C=C\CCCCCCCC. The summed E-state index contributed by atoms with van der Waals surface area (Å²) in [7, 11) is -10.0. The molecule has 0 aromatic carbocycles. The van der Waals surface area contributed by atoms with E-state index in [9.17, 15) is 43.2 Å². The molecule has 0 fully saturated rings. The summed E-state index contributed by atoms with van der Waals surface area (Å²) in [6.07, 6.45) is 88.3. The highest BCUT2D eigenvalue weighted by molar-refractivity contribution is 7.47. The number of esters is 4. The zero-order valence-electron chi connectivity index (χ0n) is 64.6. The van der Waals surface area contributed by atoms with Crippen LogP contribution in [0.1, 0.15) is 297 Å². The Morgan fingerprint density at radius 2 is 0.538 bits per heavy atom. The van der Waals surface area contributed by atoms with Gasteiger partial charge in [-0.15, -0.1) is 0 Å². The van der Waals surface area contributed by atoms with Crippen LogP contribution in [0.4, 0.5) is 0 Å². The average Bonchev–Trinajstić information content (AvgIpc) is 0.999. The number of carbonyl (C=O) groups excluding carboxylic acids is 4. The van der Waals surface area contributed by atoms with Gasteiger partial charge in [-0.1, -0.05) is 282 Å². The molecule has 0 aromatic rings. The molecule has 5 atom stereocenters. The van der Waals surface area contributed by atoms with Gasteiger partial charge in [0.2, 0.25) is 0 Å². The van der Waals surface area contributed by atoms with E-state index in [0.29, 0.717) is 25.7 Å². The maximum absolute atomic E-state index is 13.1. The summed E-state index contributed by atoms with van der Waals surface area (Å²) in [6.45, 7) is 4.37. The minimum Gasteiger partial charge on any atom is -0.462 e. The van der Waals surface area contributed by atoms with Gasteiger partial charge in [-0.2, -0.15) is 0 Å². The number of aliphatic hydroxyl groups excluding tert-OH is 1. The highest BCUT2D eigenvalue weighted by Gasteiger charge is 2.30. The minimum absolute atomic E-state index is 0.0746. The Hall–Kier alpha value is -5.32. The molecule has 0 bridgehead atoms. The number of phosphoric ester groups is 2. The van der Waals surface area contributed by atoms with E-state index in [-0.39, 0.29) is 25.7 Å². The summed E-state index contributed by atoms with van der Waals surface area (Å²) in [4.78, 5) is 73.0. The topological polar surface area (TPSA) is 237 Å². The van der Waals surface area contributed by atoms with Crippen molar-refractivity contribution in [3.63, 3.8) is 0 Å². The molecule has 104 heavy (non-hydrogen) atoms. The lowest BCUT2D eigenvalue weighted by Gasteiger charge is -2.21. The highest BCUT2D eigenvalue weighted by Crippen LogP contribution is 2.45. The summed E-state index contributed by atoms with van der Waals surface area (Å²) < 4.78 is 68.4. The predicted molar refractivity (Wildman–Crippen MR) is 427 cm³/mol. The second kappa shape index (κ2) is 75.9. The molecule has 0 aliphatic carbocycles. The fourth-order valence-electron chi connectivity index (χ4n) is 10.1. The predicted octanol–water partition coefficient (Wildman–Crippen LogP) is 23.2. The normalized spacial score (nSPS) is 14.7. The minimum atomic E-state index is -5.01. The number of rotatable bonds is 73. The maximum Gasteiger partial charge on any atom is 0.472 e. The van der Waals surface area contributed by atoms with E-state index in [1.165, 1.54) is 38.5 Å². The first-order valence-electron chi connectivity index (χ1n) is 39.7. The van der Waals surface area contributed by atoms with Crippen LogP contribution in [0.25, 0.3) is 0 Å². The zero-order chi connectivity index (χ0) is 76.0. The third-order valence-electron chi connectivity index (χ3n) is 16.0.